The molecule has 1 aliphatic rings. The second-order valence-electron chi connectivity index (χ2n) is 5.80. The zero-order chi connectivity index (χ0) is 18.7. The van der Waals surface area contributed by atoms with Crippen molar-refractivity contribution < 1.29 is 22.9 Å². The van der Waals surface area contributed by atoms with Crippen LogP contribution in [0.25, 0.3) is 0 Å². The van der Waals surface area contributed by atoms with Gasteiger partial charge in [0.15, 0.2) is 0 Å². The molecule has 1 N–H and O–H groups in total. The smallest absolute Gasteiger partial charge is 0.414 e. The van der Waals surface area contributed by atoms with Gasteiger partial charge in [-0.1, -0.05) is 12.1 Å². The maximum absolute atomic E-state index is 14.1. The van der Waals surface area contributed by atoms with Gasteiger partial charge in [-0.2, -0.15) is 0 Å². The Labute approximate surface area is 152 Å². The van der Waals surface area contributed by atoms with Crippen molar-refractivity contribution in [1.82, 2.24) is 0 Å². The number of rotatable bonds is 5. The number of halogens is 1. The third-order valence-electron chi connectivity index (χ3n) is 3.83. The number of anilines is 2. The molecule has 2 amide bonds. The molecule has 0 bridgehead atoms. The largest absolute Gasteiger partial charge is 0.447 e. The van der Waals surface area contributed by atoms with Gasteiger partial charge in [-0.3, -0.25) is 13.9 Å². The SMILES string of the molecule is CS(=O)Cc1cccc(C(=O)Nc2cc(N3CCOC3=O)ccc2F)c1. The van der Waals surface area contributed by atoms with Crippen LogP contribution >= 0.6 is 0 Å². The molecular formula is C18H17FN2O4S. The zero-order valence-corrected chi connectivity index (χ0v) is 14.8. The number of carbonyl (C=O) groups excluding carboxylic acids is 2. The van der Waals surface area contributed by atoms with Crippen molar-refractivity contribution in [3.8, 4) is 0 Å². The molecule has 1 fully saturated rings. The molecule has 1 atom stereocenters. The zero-order valence-electron chi connectivity index (χ0n) is 14.0. The number of hydrogen-bond donors (Lipinski definition) is 1. The molecular weight excluding hydrogens is 359 g/mol. The van der Waals surface area contributed by atoms with E-state index in [9.17, 15) is 18.2 Å². The molecule has 1 aliphatic heterocycles. The molecule has 0 aromatic heterocycles. The van der Waals surface area contributed by atoms with E-state index in [1.165, 1.54) is 23.1 Å². The van der Waals surface area contributed by atoms with Gasteiger partial charge in [0.25, 0.3) is 5.91 Å². The number of amides is 2. The maximum Gasteiger partial charge on any atom is 0.414 e. The Morgan fingerprint density at radius 1 is 1.31 bits per heavy atom. The highest BCUT2D eigenvalue weighted by Gasteiger charge is 2.24. The van der Waals surface area contributed by atoms with E-state index in [-0.39, 0.29) is 12.3 Å². The number of benzene rings is 2. The number of carbonyl (C=O) groups is 2. The minimum atomic E-state index is -1.03. The highest BCUT2D eigenvalue weighted by Crippen LogP contribution is 2.25. The van der Waals surface area contributed by atoms with E-state index in [4.69, 9.17) is 4.74 Å². The summed E-state index contributed by atoms with van der Waals surface area (Å²) in [6.07, 6.45) is 1.07. The normalized spacial score (nSPS) is 14.8. The summed E-state index contributed by atoms with van der Waals surface area (Å²) in [6.45, 7) is 0.636. The van der Waals surface area contributed by atoms with Crippen molar-refractivity contribution >= 4 is 34.2 Å². The van der Waals surface area contributed by atoms with Gasteiger partial charge in [-0.25, -0.2) is 9.18 Å². The number of ether oxygens (including phenoxy) is 1. The van der Waals surface area contributed by atoms with E-state index in [0.717, 1.165) is 5.56 Å². The van der Waals surface area contributed by atoms with Crippen LogP contribution in [-0.4, -0.2) is 35.6 Å². The van der Waals surface area contributed by atoms with Crippen LogP contribution in [0.2, 0.25) is 0 Å². The summed E-state index contributed by atoms with van der Waals surface area (Å²) in [7, 11) is -1.03. The topological polar surface area (TPSA) is 75.7 Å². The van der Waals surface area contributed by atoms with Gasteiger partial charge in [-0.05, 0) is 35.9 Å². The molecule has 8 heteroatoms. The van der Waals surface area contributed by atoms with E-state index in [0.29, 0.717) is 23.5 Å². The Morgan fingerprint density at radius 3 is 2.81 bits per heavy atom. The summed E-state index contributed by atoms with van der Waals surface area (Å²) < 4.78 is 30.3. The fourth-order valence-electron chi connectivity index (χ4n) is 2.64. The van der Waals surface area contributed by atoms with Crippen LogP contribution in [0.5, 0.6) is 0 Å². The highest BCUT2D eigenvalue weighted by molar-refractivity contribution is 7.83. The number of nitrogens with zero attached hydrogens (tertiary/aromatic N) is 1. The second kappa shape index (κ2) is 7.65. The average molecular weight is 376 g/mol. The van der Waals surface area contributed by atoms with E-state index in [1.807, 2.05) is 0 Å². The van der Waals surface area contributed by atoms with Crippen molar-refractivity contribution in [2.24, 2.45) is 0 Å². The van der Waals surface area contributed by atoms with Gasteiger partial charge in [0.1, 0.15) is 12.4 Å². The third kappa shape index (κ3) is 4.08. The molecule has 0 radical (unpaired) electrons. The molecule has 26 heavy (non-hydrogen) atoms. The Kier molecular flexibility index (Phi) is 5.32. The molecule has 6 nitrogen and oxygen atoms in total. The first-order chi connectivity index (χ1) is 12.4. The van der Waals surface area contributed by atoms with Gasteiger partial charge in [0.05, 0.1) is 12.2 Å². The first kappa shape index (κ1) is 18.1. The Balaban J connectivity index is 1.81. The van der Waals surface area contributed by atoms with Crippen molar-refractivity contribution in [2.45, 2.75) is 5.75 Å². The van der Waals surface area contributed by atoms with Crippen molar-refractivity contribution in [2.75, 3.05) is 29.6 Å². The number of hydrogen-bond acceptors (Lipinski definition) is 4. The molecule has 2 aromatic carbocycles. The van der Waals surface area contributed by atoms with Crippen molar-refractivity contribution in [3.05, 3.63) is 59.4 Å². The Morgan fingerprint density at radius 2 is 2.12 bits per heavy atom. The fraction of sp³-hybridized carbons (Fsp3) is 0.222. The quantitative estimate of drug-likeness (QED) is 0.871. The van der Waals surface area contributed by atoms with E-state index in [1.54, 1.807) is 30.5 Å². The van der Waals surface area contributed by atoms with Gasteiger partial charge in [-0.15, -0.1) is 0 Å². The van der Waals surface area contributed by atoms with Crippen LogP contribution in [0, 0.1) is 5.82 Å². The molecule has 0 aliphatic carbocycles. The minimum Gasteiger partial charge on any atom is -0.447 e. The van der Waals surface area contributed by atoms with Crippen LogP contribution in [0.3, 0.4) is 0 Å². The third-order valence-corrected chi connectivity index (χ3v) is 4.57. The van der Waals surface area contributed by atoms with Gasteiger partial charge >= 0.3 is 6.09 Å². The highest BCUT2D eigenvalue weighted by atomic mass is 32.2. The lowest BCUT2D eigenvalue weighted by Crippen LogP contribution is -2.23. The molecule has 2 aromatic rings. The summed E-state index contributed by atoms with van der Waals surface area (Å²) >= 11 is 0. The molecule has 0 spiro atoms. The standard InChI is InChI=1S/C18H17FN2O4S/c1-26(24)11-12-3-2-4-13(9-12)17(22)20-16-10-14(5-6-15(16)19)21-7-8-25-18(21)23/h2-6,9-10H,7-8,11H2,1H3,(H,20,22). The minimum absolute atomic E-state index is 0.0309. The second-order valence-corrected chi connectivity index (χ2v) is 7.24. The van der Waals surface area contributed by atoms with Crippen LogP contribution in [-0.2, 0) is 21.3 Å². The van der Waals surface area contributed by atoms with E-state index >= 15 is 0 Å². The van der Waals surface area contributed by atoms with Crippen molar-refractivity contribution in [1.29, 1.82) is 0 Å². The monoisotopic (exact) mass is 376 g/mol. The maximum atomic E-state index is 14.1. The van der Waals surface area contributed by atoms with Crippen LogP contribution in [0.4, 0.5) is 20.6 Å². The average Bonchev–Trinajstić information content (AvgIpc) is 3.02. The van der Waals surface area contributed by atoms with E-state index in [2.05, 4.69) is 5.32 Å². The molecule has 0 saturated carbocycles. The number of cyclic esters (lactones) is 1. The van der Waals surface area contributed by atoms with Crippen LogP contribution < -0.4 is 10.2 Å². The molecule has 1 unspecified atom stereocenters. The molecule has 3 rings (SSSR count). The first-order valence-electron chi connectivity index (χ1n) is 7.88. The van der Waals surface area contributed by atoms with Gasteiger partial charge < -0.3 is 10.1 Å². The lowest BCUT2D eigenvalue weighted by molar-refractivity contribution is 0.102. The Bertz CT molecular complexity index is 887. The summed E-state index contributed by atoms with van der Waals surface area (Å²) in [5.41, 5.74) is 1.50. The lowest BCUT2D eigenvalue weighted by atomic mass is 10.1. The molecule has 1 heterocycles. The van der Waals surface area contributed by atoms with E-state index < -0.39 is 28.6 Å². The summed E-state index contributed by atoms with van der Waals surface area (Å²) in [5.74, 6) is -0.767. The van der Waals surface area contributed by atoms with Crippen LogP contribution in [0.15, 0.2) is 42.5 Å². The van der Waals surface area contributed by atoms with Gasteiger partial charge in [0.2, 0.25) is 0 Å². The Hall–Kier alpha value is -2.74. The summed E-state index contributed by atoms with van der Waals surface area (Å²) in [4.78, 5) is 25.4. The van der Waals surface area contributed by atoms with Gasteiger partial charge in [0, 0.05) is 34.1 Å². The molecule has 1 saturated heterocycles. The van der Waals surface area contributed by atoms with Crippen LogP contribution in [0.1, 0.15) is 15.9 Å². The summed E-state index contributed by atoms with van der Waals surface area (Å²) in [6, 6.07) is 10.7. The summed E-state index contributed by atoms with van der Waals surface area (Å²) in [5, 5.41) is 2.52. The lowest BCUT2D eigenvalue weighted by Gasteiger charge is -2.15. The van der Waals surface area contributed by atoms with Crippen molar-refractivity contribution in [3.63, 3.8) is 0 Å². The predicted molar refractivity (Wildman–Crippen MR) is 97.3 cm³/mol. The molecule has 136 valence electrons. The first-order valence-corrected chi connectivity index (χ1v) is 9.61. The number of nitrogens with one attached hydrogen (secondary N) is 1. The predicted octanol–water partition coefficient (Wildman–Crippen LogP) is 2.91. The fourth-order valence-corrected chi connectivity index (χ4v) is 3.29.